The maximum atomic E-state index is 12.1. The van der Waals surface area contributed by atoms with Crippen LogP contribution in [0.2, 0.25) is 0 Å². The average Bonchev–Trinajstić information content (AvgIpc) is 2.80. The number of rotatable bonds is 4. The molecule has 6 heteroatoms. The molecule has 0 saturated heterocycles. The maximum Gasteiger partial charge on any atom is 0.573 e. The quantitative estimate of drug-likeness (QED) is 0.926. The zero-order valence-corrected chi connectivity index (χ0v) is 10.7. The van der Waals surface area contributed by atoms with Crippen molar-refractivity contribution >= 4 is 11.3 Å². The van der Waals surface area contributed by atoms with Gasteiger partial charge in [-0.2, -0.15) is 11.3 Å². The first-order valence-corrected chi connectivity index (χ1v) is 6.51. The fraction of sp³-hybridized carbons (Fsp3) is 0.231. The van der Waals surface area contributed by atoms with Gasteiger partial charge in [-0.3, -0.25) is 0 Å². The Kier molecular flexibility index (Phi) is 4.11. The van der Waals surface area contributed by atoms with Gasteiger partial charge in [0.1, 0.15) is 5.75 Å². The number of halogens is 3. The molecule has 2 aromatic rings. The summed E-state index contributed by atoms with van der Waals surface area (Å²) in [5.41, 5.74) is 7.67. The van der Waals surface area contributed by atoms with Crippen molar-refractivity contribution < 1.29 is 17.9 Å². The van der Waals surface area contributed by atoms with Crippen LogP contribution in [-0.4, -0.2) is 6.36 Å². The van der Waals surface area contributed by atoms with Crippen LogP contribution in [0, 0.1) is 0 Å². The van der Waals surface area contributed by atoms with Crippen LogP contribution in [0.25, 0.3) is 0 Å². The molecule has 2 rings (SSSR count). The number of benzene rings is 1. The van der Waals surface area contributed by atoms with Gasteiger partial charge in [0.05, 0.1) is 0 Å². The summed E-state index contributed by atoms with van der Waals surface area (Å²) in [5.74, 6) is -0.245. The van der Waals surface area contributed by atoms with E-state index in [0.717, 1.165) is 5.56 Å². The molecule has 102 valence electrons. The summed E-state index contributed by atoms with van der Waals surface area (Å²) in [5, 5.41) is 3.90. The van der Waals surface area contributed by atoms with Gasteiger partial charge < -0.3 is 10.5 Å². The molecule has 0 aliphatic carbocycles. The minimum Gasteiger partial charge on any atom is -0.406 e. The van der Waals surface area contributed by atoms with Gasteiger partial charge in [0.25, 0.3) is 0 Å². The van der Waals surface area contributed by atoms with E-state index in [2.05, 4.69) is 4.74 Å². The first-order chi connectivity index (χ1) is 8.94. The molecule has 0 fully saturated rings. The van der Waals surface area contributed by atoms with Gasteiger partial charge in [0.2, 0.25) is 0 Å². The number of ether oxygens (including phenoxy) is 1. The monoisotopic (exact) mass is 287 g/mol. The zero-order chi connectivity index (χ0) is 13.9. The third kappa shape index (κ3) is 4.25. The van der Waals surface area contributed by atoms with Crippen molar-refractivity contribution in [3.63, 3.8) is 0 Å². The zero-order valence-electron chi connectivity index (χ0n) is 9.85. The highest BCUT2D eigenvalue weighted by Gasteiger charge is 2.31. The Labute approximate surface area is 112 Å². The molecule has 2 nitrogen and oxygen atoms in total. The van der Waals surface area contributed by atoms with E-state index in [1.807, 2.05) is 16.8 Å². The van der Waals surface area contributed by atoms with Gasteiger partial charge in [-0.25, -0.2) is 0 Å². The van der Waals surface area contributed by atoms with E-state index >= 15 is 0 Å². The van der Waals surface area contributed by atoms with Crippen LogP contribution in [0.15, 0.2) is 41.1 Å². The normalized spacial score (nSPS) is 13.3. The molecule has 0 saturated carbocycles. The van der Waals surface area contributed by atoms with Crippen LogP contribution in [0.4, 0.5) is 13.2 Å². The molecule has 1 aromatic heterocycles. The predicted octanol–water partition coefficient (Wildman–Crippen LogP) is 3.89. The van der Waals surface area contributed by atoms with Crippen LogP contribution in [0.1, 0.15) is 17.2 Å². The fourth-order valence-electron chi connectivity index (χ4n) is 1.72. The van der Waals surface area contributed by atoms with Crippen molar-refractivity contribution in [1.29, 1.82) is 0 Å². The van der Waals surface area contributed by atoms with Crippen LogP contribution in [0.5, 0.6) is 5.75 Å². The summed E-state index contributed by atoms with van der Waals surface area (Å²) in [6.45, 7) is 0. The lowest BCUT2D eigenvalue weighted by atomic mass is 10.0. The van der Waals surface area contributed by atoms with Gasteiger partial charge >= 0.3 is 6.36 Å². The molecule has 0 amide bonds. The number of hydrogen-bond acceptors (Lipinski definition) is 3. The molecule has 0 spiro atoms. The van der Waals surface area contributed by atoms with Gasteiger partial charge in [-0.05, 0) is 46.5 Å². The van der Waals surface area contributed by atoms with Crippen molar-refractivity contribution in [3.8, 4) is 5.75 Å². The van der Waals surface area contributed by atoms with E-state index in [1.54, 1.807) is 17.4 Å². The van der Waals surface area contributed by atoms with E-state index < -0.39 is 6.36 Å². The molecular formula is C13H12F3NOS. The minimum atomic E-state index is -4.68. The first kappa shape index (κ1) is 13.9. The largest absolute Gasteiger partial charge is 0.573 e. The van der Waals surface area contributed by atoms with E-state index in [-0.39, 0.29) is 11.8 Å². The number of hydrogen-bond donors (Lipinski definition) is 1. The van der Waals surface area contributed by atoms with Crippen LogP contribution in [-0.2, 0) is 6.42 Å². The number of thiophene rings is 1. The molecule has 19 heavy (non-hydrogen) atoms. The summed E-state index contributed by atoms with van der Waals surface area (Å²) in [6.07, 6.45) is -4.10. The Morgan fingerprint density at radius 1 is 1.26 bits per heavy atom. The fourth-order valence-corrected chi connectivity index (χ4v) is 2.40. The van der Waals surface area contributed by atoms with Crippen molar-refractivity contribution in [2.75, 3.05) is 0 Å². The van der Waals surface area contributed by atoms with E-state index in [9.17, 15) is 13.2 Å². The Hall–Kier alpha value is -1.53. The Morgan fingerprint density at radius 3 is 2.68 bits per heavy atom. The van der Waals surface area contributed by atoms with Crippen LogP contribution >= 0.6 is 11.3 Å². The second-order valence-corrected chi connectivity index (χ2v) is 4.84. The van der Waals surface area contributed by atoms with Crippen LogP contribution < -0.4 is 10.5 Å². The molecule has 1 atom stereocenters. The molecule has 0 aliphatic heterocycles. The van der Waals surface area contributed by atoms with Crippen molar-refractivity contribution in [2.45, 2.75) is 18.8 Å². The minimum absolute atomic E-state index is 0.245. The lowest BCUT2D eigenvalue weighted by Gasteiger charge is -2.14. The van der Waals surface area contributed by atoms with Gasteiger partial charge in [-0.15, -0.1) is 13.2 Å². The van der Waals surface area contributed by atoms with Crippen molar-refractivity contribution in [2.24, 2.45) is 5.73 Å². The highest BCUT2D eigenvalue weighted by Crippen LogP contribution is 2.26. The maximum absolute atomic E-state index is 12.1. The highest BCUT2D eigenvalue weighted by atomic mass is 32.1. The third-order valence-electron chi connectivity index (χ3n) is 2.56. The second-order valence-electron chi connectivity index (χ2n) is 4.06. The van der Waals surface area contributed by atoms with Crippen LogP contribution in [0.3, 0.4) is 0 Å². The smallest absolute Gasteiger partial charge is 0.406 e. The van der Waals surface area contributed by atoms with E-state index in [1.165, 1.54) is 18.2 Å². The summed E-state index contributed by atoms with van der Waals surface area (Å²) in [4.78, 5) is 0. The summed E-state index contributed by atoms with van der Waals surface area (Å²) < 4.78 is 40.3. The first-order valence-electron chi connectivity index (χ1n) is 5.56. The molecule has 2 N–H and O–H groups in total. The molecule has 1 heterocycles. The molecule has 0 bridgehead atoms. The predicted molar refractivity (Wildman–Crippen MR) is 68.1 cm³/mol. The number of alkyl halides is 3. The Morgan fingerprint density at radius 2 is 2.05 bits per heavy atom. The molecule has 1 unspecified atom stereocenters. The number of nitrogens with two attached hydrogens (primary N) is 1. The highest BCUT2D eigenvalue weighted by molar-refractivity contribution is 7.07. The van der Waals surface area contributed by atoms with Crippen molar-refractivity contribution in [3.05, 3.63) is 52.2 Å². The van der Waals surface area contributed by atoms with Crippen molar-refractivity contribution in [1.82, 2.24) is 0 Å². The summed E-state index contributed by atoms with van der Waals surface area (Å²) >= 11 is 1.56. The topological polar surface area (TPSA) is 35.2 Å². The molecular weight excluding hydrogens is 275 g/mol. The molecule has 0 radical (unpaired) electrons. The van der Waals surface area contributed by atoms with Gasteiger partial charge in [0.15, 0.2) is 0 Å². The second kappa shape index (κ2) is 5.63. The summed E-state index contributed by atoms with van der Waals surface area (Å²) in [6, 6.07) is 7.37. The summed E-state index contributed by atoms with van der Waals surface area (Å²) in [7, 11) is 0. The average molecular weight is 287 g/mol. The van der Waals surface area contributed by atoms with Gasteiger partial charge in [-0.1, -0.05) is 12.1 Å². The van der Waals surface area contributed by atoms with E-state index in [0.29, 0.717) is 12.0 Å². The molecule has 1 aromatic carbocycles. The SMILES string of the molecule is NC(Cc1ccsc1)c1cccc(OC(F)(F)F)c1. The molecule has 0 aliphatic rings. The Balaban J connectivity index is 2.09. The third-order valence-corrected chi connectivity index (χ3v) is 3.29. The lowest BCUT2D eigenvalue weighted by Crippen LogP contribution is -2.18. The van der Waals surface area contributed by atoms with E-state index in [4.69, 9.17) is 5.73 Å². The Bertz CT molecular complexity index is 525. The van der Waals surface area contributed by atoms with Gasteiger partial charge in [0, 0.05) is 6.04 Å². The lowest BCUT2D eigenvalue weighted by molar-refractivity contribution is -0.274. The standard InChI is InChI=1S/C13H12F3NOS/c14-13(15,16)18-11-3-1-2-10(7-11)12(17)6-9-4-5-19-8-9/h1-5,7-8,12H,6,17H2.